The number of nitrogens with one attached hydrogen (secondary N) is 2. The van der Waals surface area contributed by atoms with Gasteiger partial charge in [-0.1, -0.05) is 12.1 Å². The summed E-state index contributed by atoms with van der Waals surface area (Å²) in [7, 11) is 0. The van der Waals surface area contributed by atoms with Crippen molar-refractivity contribution in [2.45, 2.75) is 25.5 Å². The first kappa shape index (κ1) is 16.2. The van der Waals surface area contributed by atoms with Crippen molar-refractivity contribution < 1.29 is 9.13 Å². The minimum atomic E-state index is -0.446. The summed E-state index contributed by atoms with van der Waals surface area (Å²) in [6.45, 7) is 2.08. The zero-order chi connectivity index (χ0) is 16.8. The molecule has 0 aliphatic carbocycles. The molecule has 0 radical (unpaired) electrons. The normalized spacial score (nSPS) is 14.8. The van der Waals surface area contributed by atoms with Crippen LogP contribution in [0.5, 0.6) is 5.88 Å². The van der Waals surface area contributed by atoms with Crippen molar-refractivity contribution >= 4 is 5.82 Å². The van der Waals surface area contributed by atoms with E-state index in [1.165, 1.54) is 6.07 Å². The van der Waals surface area contributed by atoms with Crippen LogP contribution >= 0.6 is 0 Å². The van der Waals surface area contributed by atoms with E-state index in [-0.39, 0.29) is 6.61 Å². The summed E-state index contributed by atoms with van der Waals surface area (Å²) in [5.74, 6) is 0.760. The fourth-order valence-electron chi connectivity index (χ4n) is 2.64. The fraction of sp³-hybridized carbons (Fsp3) is 0.333. The van der Waals surface area contributed by atoms with E-state index in [2.05, 4.69) is 15.6 Å². The first-order chi connectivity index (χ1) is 11.7. The molecule has 0 spiro atoms. The van der Waals surface area contributed by atoms with Crippen LogP contribution in [0.1, 0.15) is 24.0 Å². The van der Waals surface area contributed by atoms with E-state index in [0.717, 1.165) is 31.7 Å². The number of hydrogen-bond acceptors (Lipinski definition) is 5. The van der Waals surface area contributed by atoms with Crippen LogP contribution < -0.4 is 15.4 Å². The van der Waals surface area contributed by atoms with Crippen molar-refractivity contribution in [1.29, 1.82) is 5.26 Å². The van der Waals surface area contributed by atoms with Crippen LogP contribution in [-0.4, -0.2) is 24.1 Å². The monoisotopic (exact) mass is 326 g/mol. The average Bonchev–Trinajstić information content (AvgIpc) is 2.62. The number of pyridine rings is 1. The van der Waals surface area contributed by atoms with E-state index < -0.39 is 5.82 Å². The van der Waals surface area contributed by atoms with E-state index in [1.54, 1.807) is 18.2 Å². The highest BCUT2D eigenvalue weighted by molar-refractivity contribution is 5.38. The van der Waals surface area contributed by atoms with Gasteiger partial charge in [0, 0.05) is 17.7 Å². The Hall–Kier alpha value is -2.65. The van der Waals surface area contributed by atoms with E-state index in [0.29, 0.717) is 23.0 Å². The minimum Gasteiger partial charge on any atom is -0.473 e. The summed E-state index contributed by atoms with van der Waals surface area (Å²) in [6, 6.07) is 12.2. The number of nitriles is 1. The second kappa shape index (κ2) is 7.75. The number of piperidine rings is 1. The third kappa shape index (κ3) is 4.21. The van der Waals surface area contributed by atoms with Crippen molar-refractivity contribution in [3.05, 3.63) is 53.3 Å². The molecule has 3 rings (SSSR count). The molecule has 0 unspecified atom stereocenters. The zero-order valence-corrected chi connectivity index (χ0v) is 13.3. The van der Waals surface area contributed by atoms with Crippen molar-refractivity contribution in [3.63, 3.8) is 0 Å². The van der Waals surface area contributed by atoms with Gasteiger partial charge >= 0.3 is 0 Å². The van der Waals surface area contributed by atoms with Gasteiger partial charge < -0.3 is 15.4 Å². The smallest absolute Gasteiger partial charge is 0.215 e. The van der Waals surface area contributed by atoms with Crippen LogP contribution in [0.3, 0.4) is 0 Å². The number of hydrogen-bond donors (Lipinski definition) is 2. The van der Waals surface area contributed by atoms with Crippen LogP contribution in [0.4, 0.5) is 10.2 Å². The molecule has 1 aliphatic rings. The van der Waals surface area contributed by atoms with Gasteiger partial charge in [0.15, 0.2) is 0 Å². The van der Waals surface area contributed by atoms with E-state index >= 15 is 0 Å². The van der Waals surface area contributed by atoms with E-state index in [9.17, 15) is 4.39 Å². The Morgan fingerprint density at radius 2 is 2.12 bits per heavy atom. The maximum Gasteiger partial charge on any atom is 0.215 e. The second-order valence-electron chi connectivity index (χ2n) is 5.74. The Morgan fingerprint density at radius 3 is 2.88 bits per heavy atom. The molecule has 1 aromatic carbocycles. The molecule has 6 heteroatoms. The van der Waals surface area contributed by atoms with Crippen molar-refractivity contribution in [2.24, 2.45) is 0 Å². The van der Waals surface area contributed by atoms with Crippen LogP contribution in [0.2, 0.25) is 0 Å². The summed E-state index contributed by atoms with van der Waals surface area (Å²) in [6.07, 6.45) is 2.12. The number of nitrogens with zero attached hydrogens (tertiary/aromatic N) is 2. The lowest BCUT2D eigenvalue weighted by Crippen LogP contribution is -2.35. The molecule has 1 saturated heterocycles. The van der Waals surface area contributed by atoms with Gasteiger partial charge in [0.05, 0.1) is 11.6 Å². The van der Waals surface area contributed by atoms with Gasteiger partial charge in [-0.2, -0.15) is 10.2 Å². The maximum absolute atomic E-state index is 13.9. The van der Waals surface area contributed by atoms with E-state index in [4.69, 9.17) is 10.00 Å². The second-order valence-corrected chi connectivity index (χ2v) is 5.74. The Balaban J connectivity index is 1.61. The summed E-state index contributed by atoms with van der Waals surface area (Å²) >= 11 is 0. The van der Waals surface area contributed by atoms with Gasteiger partial charge in [-0.05, 0) is 44.1 Å². The van der Waals surface area contributed by atoms with Gasteiger partial charge in [0.1, 0.15) is 18.2 Å². The highest BCUT2D eigenvalue weighted by atomic mass is 19.1. The first-order valence-electron chi connectivity index (χ1n) is 8.00. The van der Waals surface area contributed by atoms with Gasteiger partial charge in [-0.3, -0.25) is 0 Å². The molecule has 2 N–H and O–H groups in total. The molecule has 124 valence electrons. The topological polar surface area (TPSA) is 70.0 Å². The number of benzene rings is 1. The summed E-state index contributed by atoms with van der Waals surface area (Å²) < 4.78 is 19.4. The number of halogens is 1. The van der Waals surface area contributed by atoms with Crippen LogP contribution in [0.15, 0.2) is 36.4 Å². The third-order valence-corrected chi connectivity index (χ3v) is 3.97. The lowest BCUT2D eigenvalue weighted by Gasteiger charge is -2.24. The Labute approximate surface area is 140 Å². The number of rotatable bonds is 5. The largest absolute Gasteiger partial charge is 0.473 e. The average molecular weight is 326 g/mol. The molecule has 0 atom stereocenters. The summed E-state index contributed by atoms with van der Waals surface area (Å²) in [5, 5.41) is 15.5. The Kier molecular flexibility index (Phi) is 5.24. The van der Waals surface area contributed by atoms with Gasteiger partial charge in [0.2, 0.25) is 5.88 Å². The quantitative estimate of drug-likeness (QED) is 0.884. The number of ether oxygens (including phenoxy) is 1. The number of aromatic nitrogens is 1. The highest BCUT2D eigenvalue weighted by Crippen LogP contribution is 2.17. The number of anilines is 1. The molecule has 0 amide bonds. The molecule has 1 aliphatic heterocycles. The molecular weight excluding hydrogens is 307 g/mol. The molecule has 24 heavy (non-hydrogen) atoms. The molecule has 2 aromatic rings. The summed E-state index contributed by atoms with van der Waals surface area (Å²) in [5.41, 5.74) is 0.690. The lowest BCUT2D eigenvalue weighted by atomic mass is 10.1. The van der Waals surface area contributed by atoms with Gasteiger partial charge in [-0.15, -0.1) is 0 Å². The van der Waals surface area contributed by atoms with Gasteiger partial charge in [-0.25, -0.2) is 4.39 Å². The molecule has 1 fully saturated rings. The lowest BCUT2D eigenvalue weighted by molar-refractivity contribution is 0.288. The van der Waals surface area contributed by atoms with Gasteiger partial charge in [0.25, 0.3) is 0 Å². The Morgan fingerprint density at radius 1 is 1.29 bits per heavy atom. The molecule has 0 bridgehead atoms. The third-order valence-electron chi connectivity index (χ3n) is 3.97. The standard InChI is InChI=1S/C18H19FN4O/c19-16-10-13(11-20)4-5-14(16)12-24-18-3-1-2-17(23-18)22-15-6-8-21-9-7-15/h1-5,10,15,21H,6-9,12H2,(H,22,23). The molecule has 1 aromatic heterocycles. The molecular formula is C18H19FN4O. The molecule has 5 nitrogen and oxygen atoms in total. The molecule has 0 saturated carbocycles. The van der Waals surface area contributed by atoms with Crippen LogP contribution in [0, 0.1) is 17.1 Å². The zero-order valence-electron chi connectivity index (χ0n) is 13.3. The van der Waals surface area contributed by atoms with Crippen LogP contribution in [-0.2, 0) is 6.61 Å². The SMILES string of the molecule is N#Cc1ccc(COc2cccc(NC3CCNCC3)n2)c(F)c1. The maximum atomic E-state index is 13.9. The first-order valence-corrected chi connectivity index (χ1v) is 8.00. The van der Waals surface area contributed by atoms with Crippen molar-refractivity contribution in [1.82, 2.24) is 10.3 Å². The Bertz CT molecular complexity index is 738. The van der Waals surface area contributed by atoms with Crippen molar-refractivity contribution in [3.8, 4) is 11.9 Å². The van der Waals surface area contributed by atoms with Crippen molar-refractivity contribution in [2.75, 3.05) is 18.4 Å². The van der Waals surface area contributed by atoms with E-state index in [1.807, 2.05) is 18.2 Å². The predicted octanol–water partition coefficient (Wildman–Crippen LogP) is 2.84. The van der Waals surface area contributed by atoms with Crippen LogP contribution in [0.25, 0.3) is 0 Å². The minimum absolute atomic E-state index is 0.0708. The molecule has 2 heterocycles. The summed E-state index contributed by atoms with van der Waals surface area (Å²) in [4.78, 5) is 4.42. The fourth-order valence-corrected chi connectivity index (χ4v) is 2.64. The highest BCUT2D eigenvalue weighted by Gasteiger charge is 2.13. The predicted molar refractivity (Wildman–Crippen MR) is 89.2 cm³/mol.